The summed E-state index contributed by atoms with van der Waals surface area (Å²) in [5.74, 6) is 0.792. The number of carbonyl (C=O) groups is 1. The lowest BCUT2D eigenvalue weighted by molar-refractivity contribution is 0.0911. The van der Waals surface area contributed by atoms with Gasteiger partial charge in [0.05, 0.1) is 23.3 Å². The number of carbonyl (C=O) groups excluding carboxylic acids is 1. The minimum atomic E-state index is -0.721. The second-order valence-corrected chi connectivity index (χ2v) is 6.45. The van der Waals surface area contributed by atoms with Crippen LogP contribution in [0.3, 0.4) is 0 Å². The molecule has 0 aliphatic rings. The molecule has 21 heavy (non-hydrogen) atoms. The number of amides is 1. The van der Waals surface area contributed by atoms with Gasteiger partial charge in [0.1, 0.15) is 4.88 Å². The van der Waals surface area contributed by atoms with Gasteiger partial charge in [-0.1, -0.05) is 5.16 Å². The molecule has 0 aliphatic carbocycles. The van der Waals surface area contributed by atoms with Crippen molar-refractivity contribution in [2.75, 3.05) is 14.1 Å². The van der Waals surface area contributed by atoms with E-state index in [0.29, 0.717) is 23.1 Å². The lowest BCUT2D eigenvalue weighted by Crippen LogP contribution is -2.41. The van der Waals surface area contributed by atoms with E-state index in [-0.39, 0.29) is 5.91 Å². The van der Waals surface area contributed by atoms with Gasteiger partial charge >= 0.3 is 0 Å². The van der Waals surface area contributed by atoms with E-state index in [4.69, 9.17) is 4.52 Å². The maximum atomic E-state index is 12.3. The zero-order valence-corrected chi connectivity index (χ0v) is 13.6. The minimum Gasteiger partial charge on any atom is -0.339 e. The van der Waals surface area contributed by atoms with Crippen LogP contribution in [-0.4, -0.2) is 40.0 Å². The predicted molar refractivity (Wildman–Crippen MR) is 79.0 cm³/mol. The second kappa shape index (κ2) is 5.90. The first kappa shape index (κ1) is 15.6. The van der Waals surface area contributed by atoms with Crippen molar-refractivity contribution in [3.63, 3.8) is 0 Å². The Hall–Kier alpha value is -1.80. The smallest absolute Gasteiger partial charge is 0.264 e. The van der Waals surface area contributed by atoms with Gasteiger partial charge in [-0.25, -0.2) is 4.98 Å². The van der Waals surface area contributed by atoms with E-state index in [9.17, 15) is 4.79 Å². The topological polar surface area (TPSA) is 84.2 Å². The molecular formula is C13H19N5O2S. The van der Waals surface area contributed by atoms with Gasteiger partial charge in [0.15, 0.2) is 5.82 Å². The molecule has 0 fully saturated rings. The lowest BCUT2D eigenvalue weighted by Gasteiger charge is -2.21. The molecule has 0 unspecified atom stereocenters. The Morgan fingerprint density at radius 2 is 2.19 bits per heavy atom. The van der Waals surface area contributed by atoms with Gasteiger partial charge in [0, 0.05) is 0 Å². The SMILES string of the molecule is Cc1ncsc1C(=O)NC(C)(C)c1noc(CN(C)C)n1. The summed E-state index contributed by atoms with van der Waals surface area (Å²) < 4.78 is 5.19. The molecule has 2 heterocycles. The van der Waals surface area contributed by atoms with Crippen LogP contribution < -0.4 is 5.32 Å². The van der Waals surface area contributed by atoms with Crippen molar-refractivity contribution in [3.8, 4) is 0 Å². The first-order valence-electron chi connectivity index (χ1n) is 6.50. The third-order valence-electron chi connectivity index (χ3n) is 2.86. The van der Waals surface area contributed by atoms with Gasteiger partial charge in [-0.3, -0.25) is 4.79 Å². The van der Waals surface area contributed by atoms with Crippen molar-refractivity contribution in [2.45, 2.75) is 32.9 Å². The summed E-state index contributed by atoms with van der Waals surface area (Å²) >= 11 is 1.31. The van der Waals surface area contributed by atoms with Crippen LogP contribution in [0, 0.1) is 6.92 Å². The van der Waals surface area contributed by atoms with E-state index in [1.807, 2.05) is 39.8 Å². The molecule has 1 amide bonds. The summed E-state index contributed by atoms with van der Waals surface area (Å²) in [6, 6.07) is 0. The first-order chi connectivity index (χ1) is 9.79. The van der Waals surface area contributed by atoms with Crippen LogP contribution in [0.4, 0.5) is 0 Å². The Bertz CT molecular complexity index is 632. The van der Waals surface area contributed by atoms with E-state index >= 15 is 0 Å². The van der Waals surface area contributed by atoms with E-state index in [2.05, 4.69) is 20.4 Å². The molecule has 0 radical (unpaired) electrons. The van der Waals surface area contributed by atoms with Crippen LogP contribution in [-0.2, 0) is 12.1 Å². The maximum Gasteiger partial charge on any atom is 0.264 e. The molecule has 114 valence electrons. The Labute approximate surface area is 127 Å². The van der Waals surface area contributed by atoms with Gasteiger partial charge in [-0.05, 0) is 34.9 Å². The molecule has 8 heteroatoms. The fourth-order valence-corrected chi connectivity index (χ4v) is 2.46. The molecule has 0 aromatic carbocycles. The van der Waals surface area contributed by atoms with Crippen molar-refractivity contribution >= 4 is 17.2 Å². The fraction of sp³-hybridized carbons (Fsp3) is 0.538. The minimum absolute atomic E-state index is 0.182. The van der Waals surface area contributed by atoms with Crippen molar-refractivity contribution in [1.29, 1.82) is 0 Å². The fourth-order valence-electron chi connectivity index (χ4n) is 1.76. The summed E-state index contributed by atoms with van der Waals surface area (Å²) in [5, 5.41) is 6.87. The lowest BCUT2D eigenvalue weighted by atomic mass is 10.0. The van der Waals surface area contributed by atoms with Crippen LogP contribution in [0.25, 0.3) is 0 Å². The quantitative estimate of drug-likeness (QED) is 0.902. The van der Waals surface area contributed by atoms with Crippen LogP contribution in [0.15, 0.2) is 10.0 Å². The highest BCUT2D eigenvalue weighted by Gasteiger charge is 2.30. The number of hydrogen-bond donors (Lipinski definition) is 1. The monoisotopic (exact) mass is 309 g/mol. The van der Waals surface area contributed by atoms with Crippen LogP contribution in [0.5, 0.6) is 0 Å². The van der Waals surface area contributed by atoms with E-state index in [1.165, 1.54) is 11.3 Å². The highest BCUT2D eigenvalue weighted by Crippen LogP contribution is 2.20. The summed E-state index contributed by atoms with van der Waals surface area (Å²) in [5.41, 5.74) is 1.65. The van der Waals surface area contributed by atoms with Gasteiger partial charge in [-0.15, -0.1) is 11.3 Å². The molecule has 2 aromatic heterocycles. The molecule has 0 atom stereocenters. The van der Waals surface area contributed by atoms with E-state index in [1.54, 1.807) is 5.51 Å². The van der Waals surface area contributed by atoms with Gasteiger partial charge < -0.3 is 14.7 Å². The molecule has 0 saturated carbocycles. The van der Waals surface area contributed by atoms with Gasteiger partial charge in [-0.2, -0.15) is 4.98 Å². The highest BCUT2D eigenvalue weighted by molar-refractivity contribution is 7.11. The van der Waals surface area contributed by atoms with Crippen LogP contribution in [0.1, 0.15) is 40.9 Å². The number of thiazole rings is 1. The molecule has 0 saturated heterocycles. The normalized spacial score (nSPS) is 11.9. The molecule has 0 spiro atoms. The third kappa shape index (κ3) is 3.64. The van der Waals surface area contributed by atoms with Gasteiger partial charge in [0.2, 0.25) is 5.89 Å². The summed E-state index contributed by atoms with van der Waals surface area (Å²) in [6.07, 6.45) is 0. The molecule has 7 nitrogen and oxygen atoms in total. The second-order valence-electron chi connectivity index (χ2n) is 5.60. The molecule has 0 bridgehead atoms. The van der Waals surface area contributed by atoms with Crippen LogP contribution in [0.2, 0.25) is 0 Å². The molecule has 2 rings (SSSR count). The Balaban J connectivity index is 2.12. The summed E-state index contributed by atoms with van der Waals surface area (Å²) in [4.78, 5) is 23.2. The number of rotatable bonds is 5. The van der Waals surface area contributed by atoms with Crippen LogP contribution >= 0.6 is 11.3 Å². The molecule has 1 N–H and O–H groups in total. The number of nitrogens with zero attached hydrogens (tertiary/aromatic N) is 4. The Morgan fingerprint density at radius 1 is 1.48 bits per heavy atom. The number of hydrogen-bond acceptors (Lipinski definition) is 7. The van der Waals surface area contributed by atoms with Crippen molar-refractivity contribution in [1.82, 2.24) is 25.3 Å². The zero-order valence-electron chi connectivity index (χ0n) is 12.8. The number of aryl methyl sites for hydroxylation is 1. The zero-order chi connectivity index (χ0) is 15.6. The first-order valence-corrected chi connectivity index (χ1v) is 7.38. The predicted octanol–water partition coefficient (Wildman–Crippen LogP) is 1.56. The average molecular weight is 309 g/mol. The number of aromatic nitrogens is 3. The standard InChI is InChI=1S/C13H19N5O2S/c1-8-10(21-7-14-8)11(19)16-13(2,3)12-15-9(20-17-12)6-18(4)5/h7H,6H2,1-5H3,(H,16,19). The summed E-state index contributed by atoms with van der Waals surface area (Å²) in [7, 11) is 3.84. The highest BCUT2D eigenvalue weighted by atomic mass is 32.1. The summed E-state index contributed by atoms with van der Waals surface area (Å²) in [6.45, 7) is 6.05. The van der Waals surface area contributed by atoms with Crippen molar-refractivity contribution in [3.05, 3.63) is 27.8 Å². The van der Waals surface area contributed by atoms with Gasteiger partial charge in [0.25, 0.3) is 5.91 Å². The largest absolute Gasteiger partial charge is 0.339 e. The maximum absolute atomic E-state index is 12.3. The van der Waals surface area contributed by atoms with Crippen molar-refractivity contribution < 1.29 is 9.32 Å². The molecule has 2 aromatic rings. The Morgan fingerprint density at radius 3 is 2.76 bits per heavy atom. The Kier molecular flexibility index (Phi) is 4.38. The van der Waals surface area contributed by atoms with E-state index < -0.39 is 5.54 Å². The van der Waals surface area contributed by atoms with E-state index in [0.717, 1.165) is 5.69 Å². The molecular weight excluding hydrogens is 290 g/mol. The third-order valence-corrected chi connectivity index (χ3v) is 3.78. The van der Waals surface area contributed by atoms with Crippen molar-refractivity contribution in [2.24, 2.45) is 0 Å². The molecule has 0 aliphatic heterocycles. The number of nitrogens with one attached hydrogen (secondary N) is 1. The average Bonchev–Trinajstić information content (AvgIpc) is 2.97.